The number of aromatic amines is 1. The van der Waals surface area contributed by atoms with E-state index in [0.29, 0.717) is 0 Å². The third-order valence-electron chi connectivity index (χ3n) is 1.73. The zero-order valence-corrected chi connectivity index (χ0v) is 8.12. The fourth-order valence-electron chi connectivity index (χ4n) is 1.04. The van der Waals surface area contributed by atoms with E-state index < -0.39 is 0 Å². The van der Waals surface area contributed by atoms with Gasteiger partial charge in [-0.25, -0.2) is 0 Å². The van der Waals surface area contributed by atoms with E-state index in [1.54, 1.807) is 6.20 Å². The predicted molar refractivity (Wildman–Crippen MR) is 52.4 cm³/mol. The molecule has 0 unspecified atom stereocenters. The van der Waals surface area contributed by atoms with Gasteiger partial charge in [-0.15, -0.1) is 0 Å². The maximum absolute atomic E-state index is 5.74. The van der Waals surface area contributed by atoms with Crippen LogP contribution in [0.15, 0.2) is 12.3 Å². The molecule has 0 aromatic carbocycles. The highest BCUT2D eigenvalue weighted by atomic mass is 35.5. The largest absolute Gasteiger partial charge is 0.363 e. The van der Waals surface area contributed by atoms with Crippen molar-refractivity contribution in [2.45, 2.75) is 26.3 Å². The van der Waals surface area contributed by atoms with Crippen molar-refractivity contribution >= 4 is 11.6 Å². The van der Waals surface area contributed by atoms with Crippen LogP contribution in [0.3, 0.4) is 0 Å². The molecular formula is C9H15ClN2. The van der Waals surface area contributed by atoms with Crippen molar-refractivity contribution in [2.24, 2.45) is 0 Å². The second-order valence-corrected chi connectivity index (χ2v) is 3.31. The van der Waals surface area contributed by atoms with Crippen LogP contribution in [0.2, 0.25) is 5.02 Å². The molecule has 1 heterocycles. The van der Waals surface area contributed by atoms with Crippen LogP contribution in [-0.4, -0.2) is 11.5 Å². The Morgan fingerprint density at radius 1 is 1.58 bits per heavy atom. The van der Waals surface area contributed by atoms with Gasteiger partial charge >= 0.3 is 0 Å². The second-order valence-electron chi connectivity index (χ2n) is 2.87. The maximum atomic E-state index is 5.74. The van der Waals surface area contributed by atoms with Crippen LogP contribution in [-0.2, 0) is 6.54 Å². The number of H-pyrrole nitrogens is 1. The molecule has 12 heavy (non-hydrogen) atoms. The first-order chi connectivity index (χ1) is 5.83. The highest BCUT2D eigenvalue weighted by Crippen LogP contribution is 2.08. The summed E-state index contributed by atoms with van der Waals surface area (Å²) in [5.41, 5.74) is 1.15. The van der Waals surface area contributed by atoms with E-state index in [4.69, 9.17) is 11.6 Å². The van der Waals surface area contributed by atoms with Gasteiger partial charge in [0.25, 0.3) is 0 Å². The Hall–Kier alpha value is -0.470. The number of hydrogen-bond donors (Lipinski definition) is 2. The summed E-state index contributed by atoms with van der Waals surface area (Å²) in [5, 5.41) is 4.11. The molecule has 0 aliphatic carbocycles. The third kappa shape index (κ3) is 3.28. The van der Waals surface area contributed by atoms with Crippen molar-refractivity contribution in [1.29, 1.82) is 0 Å². The fraction of sp³-hybridized carbons (Fsp3) is 0.556. The number of unbranched alkanes of at least 4 members (excludes halogenated alkanes) is 1. The van der Waals surface area contributed by atoms with E-state index in [2.05, 4.69) is 17.2 Å². The normalized spacial score (nSPS) is 10.5. The van der Waals surface area contributed by atoms with Crippen LogP contribution in [0.5, 0.6) is 0 Å². The first kappa shape index (κ1) is 9.62. The van der Waals surface area contributed by atoms with Gasteiger partial charge in [0, 0.05) is 18.4 Å². The number of nitrogens with one attached hydrogen (secondary N) is 2. The van der Waals surface area contributed by atoms with Crippen LogP contribution in [0.4, 0.5) is 0 Å². The van der Waals surface area contributed by atoms with Crippen LogP contribution in [0.25, 0.3) is 0 Å². The summed E-state index contributed by atoms with van der Waals surface area (Å²) >= 11 is 5.74. The molecular weight excluding hydrogens is 172 g/mol. The molecule has 0 saturated carbocycles. The molecule has 2 nitrogen and oxygen atoms in total. The molecule has 0 spiro atoms. The molecule has 0 atom stereocenters. The minimum absolute atomic E-state index is 0.780. The summed E-state index contributed by atoms with van der Waals surface area (Å²) in [5.74, 6) is 0. The van der Waals surface area contributed by atoms with Gasteiger partial charge in [-0.2, -0.15) is 0 Å². The summed E-state index contributed by atoms with van der Waals surface area (Å²) in [6.45, 7) is 4.15. The molecule has 2 N–H and O–H groups in total. The topological polar surface area (TPSA) is 27.8 Å². The van der Waals surface area contributed by atoms with E-state index in [0.717, 1.165) is 23.8 Å². The monoisotopic (exact) mass is 186 g/mol. The summed E-state index contributed by atoms with van der Waals surface area (Å²) in [6.07, 6.45) is 4.27. The molecule has 1 rings (SSSR count). The zero-order valence-electron chi connectivity index (χ0n) is 7.36. The average molecular weight is 187 g/mol. The fourth-order valence-corrected chi connectivity index (χ4v) is 1.22. The quantitative estimate of drug-likeness (QED) is 0.680. The summed E-state index contributed by atoms with van der Waals surface area (Å²) in [7, 11) is 0. The van der Waals surface area contributed by atoms with Gasteiger partial charge in [-0.05, 0) is 19.0 Å². The van der Waals surface area contributed by atoms with Gasteiger partial charge in [0.05, 0.1) is 5.02 Å². The van der Waals surface area contributed by atoms with E-state index >= 15 is 0 Å². The molecule has 1 aromatic rings. The smallest absolute Gasteiger partial charge is 0.0583 e. The Kier molecular flexibility index (Phi) is 4.19. The summed E-state index contributed by atoms with van der Waals surface area (Å²) in [4.78, 5) is 3.09. The molecule has 3 heteroatoms. The van der Waals surface area contributed by atoms with Crippen LogP contribution < -0.4 is 5.32 Å². The molecule has 0 fully saturated rings. The Morgan fingerprint density at radius 2 is 2.42 bits per heavy atom. The first-order valence-corrected chi connectivity index (χ1v) is 4.74. The summed E-state index contributed by atoms with van der Waals surface area (Å²) < 4.78 is 0. The van der Waals surface area contributed by atoms with Crippen LogP contribution in [0, 0.1) is 0 Å². The molecule has 0 aliphatic heterocycles. The van der Waals surface area contributed by atoms with E-state index in [1.165, 1.54) is 12.8 Å². The molecule has 0 radical (unpaired) electrons. The highest BCUT2D eigenvalue weighted by Gasteiger charge is 1.94. The molecule has 68 valence electrons. The molecule has 0 amide bonds. The molecule has 0 bridgehead atoms. The van der Waals surface area contributed by atoms with Gasteiger partial charge < -0.3 is 10.3 Å². The van der Waals surface area contributed by atoms with Gasteiger partial charge in [-0.3, -0.25) is 0 Å². The lowest BCUT2D eigenvalue weighted by atomic mass is 10.3. The zero-order chi connectivity index (χ0) is 8.81. The molecule has 0 saturated heterocycles. The average Bonchev–Trinajstić information content (AvgIpc) is 2.45. The van der Waals surface area contributed by atoms with Gasteiger partial charge in [0.15, 0.2) is 0 Å². The molecule has 0 aliphatic rings. The molecule has 1 aromatic heterocycles. The Labute approximate surface area is 78.3 Å². The second kappa shape index (κ2) is 5.22. The van der Waals surface area contributed by atoms with Crippen molar-refractivity contribution in [2.75, 3.05) is 6.54 Å². The number of aromatic nitrogens is 1. The first-order valence-electron chi connectivity index (χ1n) is 4.36. The van der Waals surface area contributed by atoms with Crippen LogP contribution in [0.1, 0.15) is 25.5 Å². The number of halogens is 1. The van der Waals surface area contributed by atoms with E-state index in [9.17, 15) is 0 Å². The summed E-state index contributed by atoms with van der Waals surface area (Å²) in [6, 6.07) is 1.94. The van der Waals surface area contributed by atoms with E-state index in [1.807, 2.05) is 6.07 Å². The van der Waals surface area contributed by atoms with Crippen molar-refractivity contribution in [3.63, 3.8) is 0 Å². The lowest BCUT2D eigenvalue weighted by Gasteiger charge is -2.00. The third-order valence-corrected chi connectivity index (χ3v) is 1.95. The number of rotatable bonds is 5. The minimum Gasteiger partial charge on any atom is -0.363 e. The van der Waals surface area contributed by atoms with E-state index in [-0.39, 0.29) is 0 Å². The van der Waals surface area contributed by atoms with Crippen molar-refractivity contribution in [3.8, 4) is 0 Å². The SMILES string of the molecule is CCCCNCc1cc(Cl)c[nH]1. The Morgan fingerprint density at radius 3 is 3.00 bits per heavy atom. The minimum atomic E-state index is 0.780. The van der Waals surface area contributed by atoms with Gasteiger partial charge in [-0.1, -0.05) is 24.9 Å². The highest BCUT2D eigenvalue weighted by molar-refractivity contribution is 6.30. The lowest BCUT2D eigenvalue weighted by molar-refractivity contribution is 0.635. The van der Waals surface area contributed by atoms with Crippen molar-refractivity contribution in [1.82, 2.24) is 10.3 Å². The Balaban J connectivity index is 2.15. The predicted octanol–water partition coefficient (Wildman–Crippen LogP) is 2.56. The standard InChI is InChI=1S/C9H15ClN2/c1-2-3-4-11-7-9-5-8(10)6-12-9/h5-6,11-12H,2-4,7H2,1H3. The Bertz CT molecular complexity index is 220. The lowest BCUT2D eigenvalue weighted by Crippen LogP contribution is -2.14. The maximum Gasteiger partial charge on any atom is 0.0583 e. The van der Waals surface area contributed by atoms with Gasteiger partial charge in [0.2, 0.25) is 0 Å². The van der Waals surface area contributed by atoms with Crippen molar-refractivity contribution in [3.05, 3.63) is 23.0 Å². The van der Waals surface area contributed by atoms with Crippen LogP contribution >= 0.6 is 11.6 Å². The number of hydrogen-bond acceptors (Lipinski definition) is 1. The van der Waals surface area contributed by atoms with Crippen molar-refractivity contribution < 1.29 is 0 Å². The van der Waals surface area contributed by atoms with Gasteiger partial charge in [0.1, 0.15) is 0 Å².